The van der Waals surface area contributed by atoms with Crippen LogP contribution in [0.3, 0.4) is 0 Å². The molecule has 0 saturated carbocycles. The molecule has 0 aliphatic heterocycles. The van der Waals surface area contributed by atoms with E-state index in [0.717, 1.165) is 0 Å². The van der Waals surface area contributed by atoms with Gasteiger partial charge in [-0.1, -0.05) is 54.6 Å². The minimum Gasteiger partial charge on any atom is -0.493 e. The molecule has 0 amide bonds. The van der Waals surface area contributed by atoms with E-state index < -0.39 is 5.56 Å². The van der Waals surface area contributed by atoms with E-state index >= 15 is 0 Å². The van der Waals surface area contributed by atoms with E-state index in [1.807, 2.05) is 12.1 Å². The van der Waals surface area contributed by atoms with Crippen molar-refractivity contribution in [2.45, 2.75) is 0 Å². The van der Waals surface area contributed by atoms with E-state index in [1.54, 1.807) is 42.5 Å². The van der Waals surface area contributed by atoms with Gasteiger partial charge in [0.2, 0.25) is 5.95 Å². The zero-order valence-corrected chi connectivity index (χ0v) is 17.3. The van der Waals surface area contributed by atoms with Crippen LogP contribution in [0, 0.1) is 11.3 Å². The van der Waals surface area contributed by atoms with Crippen LogP contribution < -0.4 is 20.5 Å². The highest BCUT2D eigenvalue weighted by molar-refractivity contribution is 6.32. The van der Waals surface area contributed by atoms with E-state index in [1.165, 1.54) is 13.3 Å². The van der Waals surface area contributed by atoms with E-state index in [0.29, 0.717) is 27.6 Å². The molecule has 1 heterocycles. The number of rotatable bonds is 8. The molecule has 1 aromatic heterocycles. The van der Waals surface area contributed by atoms with E-state index in [9.17, 15) is 10.1 Å². The van der Waals surface area contributed by atoms with Crippen LogP contribution in [0.4, 0.5) is 5.95 Å². The van der Waals surface area contributed by atoms with E-state index in [-0.39, 0.29) is 23.8 Å². The molecule has 2 aromatic carbocycles. The summed E-state index contributed by atoms with van der Waals surface area (Å²) in [7, 11) is 1.50. The number of methoxy groups -OCH3 is 1. The van der Waals surface area contributed by atoms with Crippen molar-refractivity contribution in [3.63, 3.8) is 0 Å². The molecule has 0 unspecified atom stereocenters. The molecule has 0 atom stereocenters. The number of nitrogens with zero attached hydrogens (tertiary/aromatic N) is 3. The summed E-state index contributed by atoms with van der Waals surface area (Å²) < 4.78 is 10.8. The largest absolute Gasteiger partial charge is 0.493 e. The Hall–Kier alpha value is -4.09. The molecule has 0 spiro atoms. The minimum atomic E-state index is -0.567. The van der Waals surface area contributed by atoms with Gasteiger partial charge in [-0.2, -0.15) is 10.4 Å². The zero-order valence-electron chi connectivity index (χ0n) is 16.6. The number of benzene rings is 2. The molecule has 0 aliphatic carbocycles. The number of H-pyrrole nitrogens is 1. The zero-order chi connectivity index (χ0) is 22.2. The van der Waals surface area contributed by atoms with Gasteiger partial charge in [0.05, 0.1) is 24.0 Å². The fourth-order valence-electron chi connectivity index (χ4n) is 2.70. The molecule has 0 radical (unpaired) electrons. The summed E-state index contributed by atoms with van der Waals surface area (Å²) in [5.74, 6) is 0.926. The van der Waals surface area contributed by atoms with Crippen LogP contribution in [0.25, 0.3) is 11.3 Å². The first kappa shape index (κ1) is 21.6. The van der Waals surface area contributed by atoms with Crippen molar-refractivity contribution in [2.24, 2.45) is 5.10 Å². The van der Waals surface area contributed by atoms with Gasteiger partial charge in [-0.25, -0.2) is 10.4 Å². The average Bonchev–Trinajstić information content (AvgIpc) is 2.78. The Morgan fingerprint density at radius 2 is 2.13 bits per heavy atom. The van der Waals surface area contributed by atoms with Crippen molar-refractivity contribution < 1.29 is 9.47 Å². The summed E-state index contributed by atoms with van der Waals surface area (Å²) in [4.78, 5) is 19.1. The number of aromatic amines is 1. The van der Waals surface area contributed by atoms with Crippen LogP contribution >= 0.6 is 11.6 Å². The highest BCUT2D eigenvalue weighted by Crippen LogP contribution is 2.36. The van der Waals surface area contributed by atoms with Crippen molar-refractivity contribution in [1.29, 1.82) is 5.26 Å². The van der Waals surface area contributed by atoms with Crippen molar-refractivity contribution >= 4 is 23.8 Å². The normalized spacial score (nSPS) is 10.5. The number of aromatic nitrogens is 2. The topological polar surface area (TPSA) is 112 Å². The maximum absolute atomic E-state index is 12.3. The quantitative estimate of drug-likeness (QED) is 0.314. The van der Waals surface area contributed by atoms with Gasteiger partial charge in [0.25, 0.3) is 5.56 Å². The minimum absolute atomic E-state index is 0.0765. The highest BCUT2D eigenvalue weighted by atomic mass is 35.5. The number of ether oxygens (including phenoxy) is 2. The van der Waals surface area contributed by atoms with E-state index in [2.05, 4.69) is 27.1 Å². The molecule has 2 N–H and O–H groups in total. The number of halogens is 1. The Bertz CT molecular complexity index is 1220. The molecule has 0 aliphatic rings. The maximum atomic E-state index is 12.3. The molecular weight excluding hydrogens is 418 g/mol. The average molecular weight is 436 g/mol. The number of hydrogen-bond acceptors (Lipinski definition) is 7. The molecule has 0 fully saturated rings. The molecule has 31 heavy (non-hydrogen) atoms. The van der Waals surface area contributed by atoms with Crippen LogP contribution in [0.5, 0.6) is 11.5 Å². The van der Waals surface area contributed by atoms with Gasteiger partial charge in [-0.15, -0.1) is 0 Å². The van der Waals surface area contributed by atoms with Crippen LogP contribution in [0.2, 0.25) is 5.02 Å². The van der Waals surface area contributed by atoms with Crippen LogP contribution in [0.1, 0.15) is 11.1 Å². The summed E-state index contributed by atoms with van der Waals surface area (Å²) >= 11 is 6.28. The second-order valence-electron chi connectivity index (χ2n) is 6.12. The standard InChI is InChI=1S/C22H18ClN5O3/c1-3-9-31-20-17(23)10-14(11-18(20)30-2)13-25-28-22-26-19(15-7-5-4-6-8-15)16(12-24)21(29)27-22/h3-8,10-11,13H,1,9H2,2H3,(H2,26,27,28,29). The van der Waals surface area contributed by atoms with Gasteiger partial charge < -0.3 is 9.47 Å². The monoisotopic (exact) mass is 435 g/mol. The summed E-state index contributed by atoms with van der Waals surface area (Å²) in [5.41, 5.74) is 3.55. The highest BCUT2D eigenvalue weighted by Gasteiger charge is 2.13. The summed E-state index contributed by atoms with van der Waals surface area (Å²) in [6, 6.07) is 14.2. The predicted molar refractivity (Wildman–Crippen MR) is 120 cm³/mol. The van der Waals surface area contributed by atoms with Gasteiger partial charge >= 0.3 is 0 Å². The molecular formula is C22H18ClN5O3. The lowest BCUT2D eigenvalue weighted by molar-refractivity contribution is 0.326. The fourth-order valence-corrected chi connectivity index (χ4v) is 2.97. The Morgan fingerprint density at radius 3 is 2.81 bits per heavy atom. The van der Waals surface area contributed by atoms with Gasteiger partial charge in [0.1, 0.15) is 18.2 Å². The SMILES string of the molecule is C=CCOc1c(Cl)cc(C=NNc2nc(-c3ccccc3)c(C#N)c(=O)[nH]2)cc1OC. The Morgan fingerprint density at radius 1 is 1.35 bits per heavy atom. The van der Waals surface area contributed by atoms with Crippen molar-refractivity contribution in [3.05, 3.63) is 81.6 Å². The molecule has 156 valence electrons. The lowest BCUT2D eigenvalue weighted by Crippen LogP contribution is -2.16. The fraction of sp³-hybridized carbons (Fsp3) is 0.0909. The number of nitrogens with one attached hydrogen (secondary N) is 2. The summed E-state index contributed by atoms with van der Waals surface area (Å²) in [5, 5.41) is 13.8. The first-order chi connectivity index (χ1) is 15.1. The van der Waals surface area contributed by atoms with E-state index in [4.69, 9.17) is 21.1 Å². The first-order valence-corrected chi connectivity index (χ1v) is 9.45. The van der Waals surface area contributed by atoms with Crippen LogP contribution in [0.15, 0.2) is 65.0 Å². The lowest BCUT2D eigenvalue weighted by atomic mass is 10.1. The third-order valence-corrected chi connectivity index (χ3v) is 4.34. The molecule has 0 saturated heterocycles. The lowest BCUT2D eigenvalue weighted by Gasteiger charge is -2.12. The van der Waals surface area contributed by atoms with Crippen molar-refractivity contribution in [1.82, 2.24) is 9.97 Å². The second-order valence-corrected chi connectivity index (χ2v) is 6.53. The van der Waals surface area contributed by atoms with Gasteiger partial charge in [-0.05, 0) is 17.7 Å². The Balaban J connectivity index is 1.87. The van der Waals surface area contributed by atoms with Gasteiger partial charge in [0.15, 0.2) is 11.5 Å². The molecule has 9 heteroatoms. The van der Waals surface area contributed by atoms with Crippen molar-refractivity contribution in [3.8, 4) is 28.8 Å². The maximum Gasteiger partial charge on any atom is 0.270 e. The Kier molecular flexibility index (Phi) is 7.04. The molecule has 3 rings (SSSR count). The summed E-state index contributed by atoms with van der Waals surface area (Å²) in [6.45, 7) is 3.89. The summed E-state index contributed by atoms with van der Waals surface area (Å²) in [6.07, 6.45) is 3.08. The molecule has 3 aromatic rings. The number of nitriles is 1. The molecule has 8 nitrogen and oxygen atoms in total. The number of hydrazone groups is 1. The predicted octanol–water partition coefficient (Wildman–Crippen LogP) is 3.98. The third-order valence-electron chi connectivity index (χ3n) is 4.06. The number of hydrogen-bond donors (Lipinski definition) is 2. The first-order valence-electron chi connectivity index (χ1n) is 9.07. The number of anilines is 1. The Labute approximate surface area is 183 Å². The third kappa shape index (κ3) is 5.10. The van der Waals surface area contributed by atoms with Gasteiger partial charge in [-0.3, -0.25) is 9.78 Å². The van der Waals surface area contributed by atoms with Crippen LogP contribution in [-0.2, 0) is 0 Å². The van der Waals surface area contributed by atoms with Crippen LogP contribution in [-0.4, -0.2) is 29.9 Å². The molecule has 0 bridgehead atoms. The smallest absolute Gasteiger partial charge is 0.270 e. The van der Waals surface area contributed by atoms with Gasteiger partial charge in [0, 0.05) is 5.56 Å². The van der Waals surface area contributed by atoms with Crippen molar-refractivity contribution in [2.75, 3.05) is 19.1 Å². The second kappa shape index (κ2) is 10.1.